The molecule has 0 aliphatic carbocycles. The topological polar surface area (TPSA) is 91.4 Å². The maximum atomic E-state index is 12.0. The Kier molecular flexibility index (Phi) is 6.30. The lowest BCUT2D eigenvalue weighted by Crippen LogP contribution is -2.32. The normalized spacial score (nSPS) is 13.3. The quantitative estimate of drug-likeness (QED) is 0.649. The monoisotopic (exact) mass is 370 g/mol. The predicted octanol–water partition coefficient (Wildman–Crippen LogP) is 2.63. The molecule has 144 valence electrons. The lowest BCUT2D eigenvalue weighted by Gasteiger charge is -2.18. The van der Waals surface area contributed by atoms with Crippen molar-refractivity contribution in [3.05, 3.63) is 36.2 Å². The first-order valence-corrected chi connectivity index (χ1v) is 9.18. The van der Waals surface area contributed by atoms with Gasteiger partial charge < -0.3 is 25.6 Å². The Balaban J connectivity index is 1.46. The number of urea groups is 1. The lowest BCUT2D eigenvalue weighted by molar-refractivity contribution is 0.252. The van der Waals surface area contributed by atoms with E-state index in [2.05, 4.69) is 30.8 Å². The Morgan fingerprint density at radius 2 is 1.96 bits per heavy atom. The van der Waals surface area contributed by atoms with Crippen LogP contribution in [-0.4, -0.2) is 49.3 Å². The molecule has 0 saturated carbocycles. The summed E-state index contributed by atoms with van der Waals surface area (Å²) in [5.41, 5.74) is 0.632. The highest BCUT2D eigenvalue weighted by atomic mass is 16.5. The molecule has 8 nitrogen and oxygen atoms in total. The van der Waals surface area contributed by atoms with E-state index in [1.54, 1.807) is 19.2 Å². The molecule has 2 heterocycles. The molecule has 0 radical (unpaired) electrons. The summed E-state index contributed by atoms with van der Waals surface area (Å²) in [6.45, 7) is 5.00. The molecule has 0 spiro atoms. The van der Waals surface area contributed by atoms with Crippen LogP contribution in [0, 0.1) is 6.92 Å². The van der Waals surface area contributed by atoms with Gasteiger partial charge in [-0.2, -0.15) is 0 Å². The van der Waals surface area contributed by atoms with Gasteiger partial charge in [-0.15, -0.1) is 0 Å². The average Bonchev–Trinajstić information content (AvgIpc) is 3.20. The molecule has 0 bridgehead atoms. The number of rotatable bonds is 7. The first kappa shape index (κ1) is 18.8. The minimum Gasteiger partial charge on any atom is -0.495 e. The van der Waals surface area contributed by atoms with Gasteiger partial charge in [-0.1, -0.05) is 12.1 Å². The fourth-order valence-electron chi connectivity index (χ4n) is 3.03. The van der Waals surface area contributed by atoms with E-state index in [0.29, 0.717) is 24.5 Å². The van der Waals surface area contributed by atoms with E-state index in [9.17, 15) is 4.79 Å². The molecule has 3 N–H and O–H groups in total. The Bertz CT molecular complexity index is 777. The third-order valence-electron chi connectivity index (χ3n) is 4.33. The molecule has 2 amide bonds. The van der Waals surface area contributed by atoms with Crippen molar-refractivity contribution < 1.29 is 9.53 Å². The van der Waals surface area contributed by atoms with E-state index in [1.807, 2.05) is 25.1 Å². The number of para-hydroxylation sites is 2. The number of benzene rings is 1. The van der Waals surface area contributed by atoms with Crippen molar-refractivity contribution in [3.8, 4) is 5.75 Å². The molecule has 27 heavy (non-hydrogen) atoms. The molecule has 0 atom stereocenters. The van der Waals surface area contributed by atoms with E-state index < -0.39 is 0 Å². The summed E-state index contributed by atoms with van der Waals surface area (Å²) in [7, 11) is 1.57. The van der Waals surface area contributed by atoms with Crippen molar-refractivity contribution in [2.45, 2.75) is 19.8 Å². The number of anilines is 3. The zero-order valence-corrected chi connectivity index (χ0v) is 15.8. The van der Waals surface area contributed by atoms with Gasteiger partial charge in [0, 0.05) is 32.2 Å². The second-order valence-electron chi connectivity index (χ2n) is 6.36. The van der Waals surface area contributed by atoms with Crippen molar-refractivity contribution >= 4 is 23.4 Å². The number of methoxy groups -OCH3 is 1. The lowest BCUT2D eigenvalue weighted by atomic mass is 10.3. The number of carbonyl (C=O) groups excluding carboxylic acids is 1. The van der Waals surface area contributed by atoms with Crippen molar-refractivity contribution in [2.75, 3.05) is 48.8 Å². The van der Waals surface area contributed by atoms with Crippen LogP contribution < -0.4 is 25.6 Å². The van der Waals surface area contributed by atoms with Gasteiger partial charge in [-0.3, -0.25) is 0 Å². The van der Waals surface area contributed by atoms with Crippen LogP contribution >= 0.6 is 0 Å². The summed E-state index contributed by atoms with van der Waals surface area (Å²) < 4.78 is 5.22. The molecule has 1 aliphatic rings. The number of aromatic nitrogens is 2. The summed E-state index contributed by atoms with van der Waals surface area (Å²) >= 11 is 0. The standard InChI is InChI=1S/C19H26N6O2/c1-14-22-17(13-18(23-14)25-11-5-6-12-25)20-9-10-21-19(26)24-15-7-3-4-8-16(15)27-2/h3-4,7-8,13H,5-6,9-12H2,1-2H3,(H,20,22,23)(H2,21,24,26). The van der Waals surface area contributed by atoms with E-state index >= 15 is 0 Å². The van der Waals surface area contributed by atoms with Gasteiger partial charge in [0.25, 0.3) is 0 Å². The number of amides is 2. The molecule has 1 aromatic carbocycles. The van der Waals surface area contributed by atoms with Crippen LogP contribution in [0.5, 0.6) is 5.75 Å². The maximum absolute atomic E-state index is 12.0. The molecule has 1 fully saturated rings. The number of nitrogens with one attached hydrogen (secondary N) is 3. The largest absolute Gasteiger partial charge is 0.495 e. The molecule has 2 aromatic rings. The van der Waals surface area contributed by atoms with Crippen LogP contribution in [0.3, 0.4) is 0 Å². The smallest absolute Gasteiger partial charge is 0.319 e. The number of carbonyl (C=O) groups is 1. The van der Waals surface area contributed by atoms with Crippen molar-refractivity contribution in [3.63, 3.8) is 0 Å². The third kappa shape index (κ3) is 5.22. The second kappa shape index (κ2) is 9.07. The van der Waals surface area contributed by atoms with Crippen LogP contribution in [0.4, 0.5) is 22.1 Å². The summed E-state index contributed by atoms with van der Waals surface area (Å²) in [6.07, 6.45) is 2.41. The van der Waals surface area contributed by atoms with Crippen LogP contribution in [0.2, 0.25) is 0 Å². The Morgan fingerprint density at radius 1 is 1.19 bits per heavy atom. The average molecular weight is 370 g/mol. The van der Waals surface area contributed by atoms with Gasteiger partial charge in [-0.05, 0) is 31.9 Å². The molecule has 1 aromatic heterocycles. The molecule has 8 heteroatoms. The number of aryl methyl sites for hydroxylation is 1. The molecular formula is C19H26N6O2. The first-order chi connectivity index (χ1) is 13.2. The van der Waals surface area contributed by atoms with E-state index in [0.717, 1.165) is 30.5 Å². The molecule has 1 saturated heterocycles. The number of hydrogen-bond acceptors (Lipinski definition) is 6. The number of nitrogens with zero attached hydrogens (tertiary/aromatic N) is 3. The highest BCUT2D eigenvalue weighted by Gasteiger charge is 2.15. The number of hydrogen-bond donors (Lipinski definition) is 3. The molecule has 0 unspecified atom stereocenters. The van der Waals surface area contributed by atoms with Crippen molar-refractivity contribution in [1.29, 1.82) is 0 Å². The zero-order valence-electron chi connectivity index (χ0n) is 15.8. The van der Waals surface area contributed by atoms with Crippen LogP contribution in [0.1, 0.15) is 18.7 Å². The predicted molar refractivity (Wildman–Crippen MR) is 107 cm³/mol. The van der Waals surface area contributed by atoms with Gasteiger partial charge in [0.15, 0.2) is 0 Å². The van der Waals surface area contributed by atoms with Crippen LogP contribution in [0.25, 0.3) is 0 Å². The van der Waals surface area contributed by atoms with E-state index in [1.165, 1.54) is 12.8 Å². The zero-order chi connectivity index (χ0) is 19.1. The highest BCUT2D eigenvalue weighted by Crippen LogP contribution is 2.23. The van der Waals surface area contributed by atoms with Crippen LogP contribution in [0.15, 0.2) is 30.3 Å². The summed E-state index contributed by atoms with van der Waals surface area (Å²) in [5.74, 6) is 3.10. The fourth-order valence-corrected chi connectivity index (χ4v) is 3.03. The minimum atomic E-state index is -0.280. The minimum absolute atomic E-state index is 0.280. The molecular weight excluding hydrogens is 344 g/mol. The van der Waals surface area contributed by atoms with E-state index in [-0.39, 0.29) is 6.03 Å². The molecule has 1 aliphatic heterocycles. The SMILES string of the molecule is COc1ccccc1NC(=O)NCCNc1cc(N2CCCC2)nc(C)n1. The molecule has 3 rings (SSSR count). The fraction of sp³-hybridized carbons (Fsp3) is 0.421. The van der Waals surface area contributed by atoms with Gasteiger partial charge in [0.05, 0.1) is 12.8 Å². The van der Waals surface area contributed by atoms with Gasteiger partial charge in [0.2, 0.25) is 0 Å². The van der Waals surface area contributed by atoms with Crippen molar-refractivity contribution in [2.24, 2.45) is 0 Å². The third-order valence-corrected chi connectivity index (χ3v) is 4.33. The first-order valence-electron chi connectivity index (χ1n) is 9.18. The van der Waals surface area contributed by atoms with Gasteiger partial charge in [-0.25, -0.2) is 14.8 Å². The van der Waals surface area contributed by atoms with E-state index in [4.69, 9.17) is 4.74 Å². The number of ether oxygens (including phenoxy) is 1. The second-order valence-corrected chi connectivity index (χ2v) is 6.36. The Labute approximate surface area is 159 Å². The maximum Gasteiger partial charge on any atom is 0.319 e. The van der Waals surface area contributed by atoms with Gasteiger partial charge in [0.1, 0.15) is 23.2 Å². The van der Waals surface area contributed by atoms with Crippen molar-refractivity contribution in [1.82, 2.24) is 15.3 Å². The summed E-state index contributed by atoms with van der Waals surface area (Å²) in [6, 6.07) is 8.97. The summed E-state index contributed by atoms with van der Waals surface area (Å²) in [5, 5.41) is 8.84. The van der Waals surface area contributed by atoms with Gasteiger partial charge >= 0.3 is 6.03 Å². The summed E-state index contributed by atoms with van der Waals surface area (Å²) in [4.78, 5) is 23.3. The highest BCUT2D eigenvalue weighted by molar-refractivity contribution is 5.90. The Hall–Kier alpha value is -3.03. The van der Waals surface area contributed by atoms with Crippen LogP contribution in [-0.2, 0) is 0 Å². The Morgan fingerprint density at radius 3 is 2.74 bits per heavy atom.